The Morgan fingerprint density at radius 1 is 1.38 bits per heavy atom. The van der Waals surface area contributed by atoms with Crippen LogP contribution in [0.4, 0.5) is 10.5 Å². The van der Waals surface area contributed by atoms with E-state index in [0.717, 1.165) is 25.1 Å². The van der Waals surface area contributed by atoms with Crippen molar-refractivity contribution in [3.63, 3.8) is 0 Å². The zero-order chi connectivity index (χ0) is 15.4. The van der Waals surface area contributed by atoms with E-state index in [1.807, 2.05) is 6.92 Å². The van der Waals surface area contributed by atoms with Crippen LogP contribution in [-0.4, -0.2) is 20.8 Å². The second kappa shape index (κ2) is 6.39. The van der Waals surface area contributed by atoms with Gasteiger partial charge in [0.05, 0.1) is 10.9 Å². The second-order valence-electron chi connectivity index (χ2n) is 4.84. The van der Waals surface area contributed by atoms with Crippen molar-refractivity contribution in [2.45, 2.75) is 39.7 Å². The Balaban J connectivity index is 2.57. The third-order valence-corrected chi connectivity index (χ3v) is 3.36. The molecule has 0 aliphatic carbocycles. The fraction of sp³-hybridized carbons (Fsp3) is 0.400. The molecule has 0 fully saturated rings. The smallest absolute Gasteiger partial charge is 0.409 e. The van der Waals surface area contributed by atoms with Gasteiger partial charge in [-0.2, -0.15) is 0 Å². The molecule has 0 bridgehead atoms. The summed E-state index contributed by atoms with van der Waals surface area (Å²) in [5.41, 5.74) is 0.870. The van der Waals surface area contributed by atoms with Gasteiger partial charge in [-0.1, -0.05) is 13.3 Å². The fourth-order valence-corrected chi connectivity index (χ4v) is 2.32. The molecule has 0 spiro atoms. The number of aromatic nitrogens is 2. The number of fused-ring (bicyclic) bond motifs is 1. The number of anilines is 1. The number of nitrogens with one attached hydrogen (secondary N) is 1. The van der Waals surface area contributed by atoms with Crippen molar-refractivity contribution in [3.05, 3.63) is 34.4 Å². The highest BCUT2D eigenvalue weighted by atomic mass is 16.4. The molecule has 0 saturated carbocycles. The van der Waals surface area contributed by atoms with Crippen LogP contribution < -0.4 is 10.9 Å². The van der Waals surface area contributed by atoms with Crippen LogP contribution in [0, 0.1) is 0 Å². The third-order valence-electron chi connectivity index (χ3n) is 3.36. The van der Waals surface area contributed by atoms with Crippen molar-refractivity contribution < 1.29 is 9.90 Å². The van der Waals surface area contributed by atoms with Crippen LogP contribution in [0.1, 0.15) is 32.5 Å². The molecule has 6 nitrogen and oxygen atoms in total. The van der Waals surface area contributed by atoms with Gasteiger partial charge in [-0.05, 0) is 31.5 Å². The zero-order valence-corrected chi connectivity index (χ0v) is 12.2. The number of aryl methyl sites for hydroxylation is 1. The lowest BCUT2D eigenvalue weighted by Gasteiger charge is -2.12. The molecule has 1 aromatic heterocycles. The van der Waals surface area contributed by atoms with E-state index in [2.05, 4.69) is 17.2 Å². The number of carbonyl (C=O) groups is 1. The molecule has 1 heterocycles. The summed E-state index contributed by atoms with van der Waals surface area (Å²) in [6.45, 7) is 4.59. The molecule has 6 heteroatoms. The van der Waals surface area contributed by atoms with E-state index in [4.69, 9.17) is 5.11 Å². The lowest BCUT2D eigenvalue weighted by molar-refractivity contribution is 0.210. The summed E-state index contributed by atoms with van der Waals surface area (Å²) >= 11 is 0. The molecule has 0 saturated heterocycles. The van der Waals surface area contributed by atoms with Gasteiger partial charge < -0.3 is 5.11 Å². The molecular weight excluding hydrogens is 270 g/mol. The SMILES string of the molecule is CCCCc1nc2cc(NC(=O)O)ccc2c(=O)n1CC. The van der Waals surface area contributed by atoms with Crippen molar-refractivity contribution in [1.82, 2.24) is 9.55 Å². The van der Waals surface area contributed by atoms with Gasteiger partial charge in [-0.3, -0.25) is 14.7 Å². The first-order valence-electron chi connectivity index (χ1n) is 7.10. The van der Waals surface area contributed by atoms with Gasteiger partial charge >= 0.3 is 6.09 Å². The quantitative estimate of drug-likeness (QED) is 0.886. The van der Waals surface area contributed by atoms with Crippen LogP contribution in [0.3, 0.4) is 0 Å². The Morgan fingerprint density at radius 2 is 2.14 bits per heavy atom. The lowest BCUT2D eigenvalue weighted by Crippen LogP contribution is -2.24. The van der Waals surface area contributed by atoms with Gasteiger partial charge in [-0.25, -0.2) is 9.78 Å². The summed E-state index contributed by atoms with van der Waals surface area (Å²) in [7, 11) is 0. The Morgan fingerprint density at radius 3 is 2.76 bits per heavy atom. The maximum absolute atomic E-state index is 12.5. The summed E-state index contributed by atoms with van der Waals surface area (Å²) in [6, 6.07) is 4.79. The lowest BCUT2D eigenvalue weighted by atomic mass is 10.2. The number of unbranched alkanes of at least 4 members (excludes halogenated alkanes) is 1. The number of rotatable bonds is 5. The standard InChI is InChI=1S/C15H19N3O3/c1-3-5-6-13-17-12-9-10(16-15(20)21)7-8-11(12)14(19)18(13)4-2/h7-9,16H,3-6H2,1-2H3,(H,20,21). The molecule has 1 aromatic carbocycles. The van der Waals surface area contributed by atoms with Crippen LogP contribution in [-0.2, 0) is 13.0 Å². The molecule has 0 aliphatic rings. The monoisotopic (exact) mass is 289 g/mol. The Kier molecular flexibility index (Phi) is 4.57. The van der Waals surface area contributed by atoms with Crippen LogP contribution >= 0.6 is 0 Å². The zero-order valence-electron chi connectivity index (χ0n) is 12.2. The highest BCUT2D eigenvalue weighted by Crippen LogP contribution is 2.16. The van der Waals surface area contributed by atoms with Crippen LogP contribution in [0.2, 0.25) is 0 Å². The van der Waals surface area contributed by atoms with E-state index >= 15 is 0 Å². The van der Waals surface area contributed by atoms with E-state index < -0.39 is 6.09 Å². The number of nitrogens with zero attached hydrogens (tertiary/aromatic N) is 2. The minimum absolute atomic E-state index is 0.0736. The van der Waals surface area contributed by atoms with Gasteiger partial charge in [0.15, 0.2) is 0 Å². The molecular formula is C15H19N3O3. The number of carboxylic acid groups (broad SMARTS) is 1. The summed E-state index contributed by atoms with van der Waals surface area (Å²) in [4.78, 5) is 27.7. The molecule has 0 radical (unpaired) electrons. The maximum Gasteiger partial charge on any atom is 0.409 e. The van der Waals surface area contributed by atoms with Crippen molar-refractivity contribution in [1.29, 1.82) is 0 Å². The Bertz CT molecular complexity index is 722. The maximum atomic E-state index is 12.5. The van der Waals surface area contributed by atoms with Crippen LogP contribution in [0.15, 0.2) is 23.0 Å². The highest BCUT2D eigenvalue weighted by molar-refractivity contribution is 5.88. The van der Waals surface area contributed by atoms with Crippen LogP contribution in [0.5, 0.6) is 0 Å². The largest absolute Gasteiger partial charge is 0.465 e. The normalized spacial score (nSPS) is 10.8. The predicted octanol–water partition coefficient (Wildman–Crippen LogP) is 2.85. The van der Waals surface area contributed by atoms with E-state index in [1.165, 1.54) is 0 Å². The van der Waals surface area contributed by atoms with E-state index in [0.29, 0.717) is 23.1 Å². The van der Waals surface area contributed by atoms with Crippen LogP contribution in [0.25, 0.3) is 10.9 Å². The predicted molar refractivity (Wildman–Crippen MR) is 81.9 cm³/mol. The summed E-state index contributed by atoms with van der Waals surface area (Å²) in [6.07, 6.45) is 1.59. The fourth-order valence-electron chi connectivity index (χ4n) is 2.32. The molecule has 2 N–H and O–H groups in total. The number of hydrogen-bond donors (Lipinski definition) is 2. The topological polar surface area (TPSA) is 84.2 Å². The molecule has 112 valence electrons. The van der Waals surface area contributed by atoms with Gasteiger partial charge in [0.2, 0.25) is 0 Å². The molecule has 2 aromatic rings. The minimum Gasteiger partial charge on any atom is -0.465 e. The van der Waals surface area contributed by atoms with E-state index in [1.54, 1.807) is 22.8 Å². The average molecular weight is 289 g/mol. The number of benzene rings is 1. The Hall–Kier alpha value is -2.37. The minimum atomic E-state index is -1.14. The molecule has 0 aliphatic heterocycles. The highest BCUT2D eigenvalue weighted by Gasteiger charge is 2.10. The van der Waals surface area contributed by atoms with Crippen molar-refractivity contribution in [2.24, 2.45) is 0 Å². The van der Waals surface area contributed by atoms with Gasteiger partial charge in [0.1, 0.15) is 5.82 Å². The third kappa shape index (κ3) is 3.21. The molecule has 2 rings (SSSR count). The first kappa shape index (κ1) is 15.0. The second-order valence-corrected chi connectivity index (χ2v) is 4.84. The molecule has 0 unspecified atom stereocenters. The summed E-state index contributed by atoms with van der Waals surface area (Å²) in [5, 5.41) is 11.5. The van der Waals surface area contributed by atoms with Crippen molar-refractivity contribution in [2.75, 3.05) is 5.32 Å². The van der Waals surface area contributed by atoms with E-state index in [-0.39, 0.29) is 5.56 Å². The van der Waals surface area contributed by atoms with Gasteiger partial charge in [0, 0.05) is 18.7 Å². The van der Waals surface area contributed by atoms with Gasteiger partial charge in [0.25, 0.3) is 5.56 Å². The van der Waals surface area contributed by atoms with E-state index in [9.17, 15) is 9.59 Å². The average Bonchev–Trinajstić information content (AvgIpc) is 2.44. The van der Waals surface area contributed by atoms with Gasteiger partial charge in [-0.15, -0.1) is 0 Å². The molecule has 0 atom stereocenters. The molecule has 21 heavy (non-hydrogen) atoms. The summed E-state index contributed by atoms with van der Waals surface area (Å²) < 4.78 is 1.68. The first-order valence-corrected chi connectivity index (χ1v) is 7.10. The number of amides is 1. The first-order chi connectivity index (χ1) is 10.1. The van der Waals surface area contributed by atoms with Crippen molar-refractivity contribution in [3.8, 4) is 0 Å². The number of hydrogen-bond acceptors (Lipinski definition) is 3. The van der Waals surface area contributed by atoms with Crippen molar-refractivity contribution >= 4 is 22.7 Å². The molecule has 1 amide bonds. The summed E-state index contributed by atoms with van der Waals surface area (Å²) in [5.74, 6) is 0.754. The Labute approximate surface area is 122 Å².